The standard InChI is InChI=1S/C96H59BN4O/c1-5-24-60(25-6-1)69-36-21-37-70(61-26-7-2-8-27-61)94(69)100-87-56-66(64-47-52-86-79(54-64)78-41-23-40-77-75-34-15-19-44-85(75)99(86)96(77)78)46-50-81(87)97-82-51-49-68(98-83-42-17-13-32-73(83)74-33-14-18-43-84(74)98)59-88(82)101(95-71(62-28-9-3-10-29-62)38-22-39-72(95)63-30-11-4-12-31-63)90-58-67(57-89(100)93(90)97)65-48-53-92-80(55-65)76-35-16-20-45-91(76)102-92/h1-59H/i13D,14D,17D,18D,32D,33D,42D,43D. The van der Waals surface area contributed by atoms with Crippen LogP contribution in [-0.4, -0.2) is 15.7 Å². The molecule has 0 atom stereocenters. The van der Waals surface area contributed by atoms with Crippen molar-refractivity contribution in [2.75, 3.05) is 9.80 Å². The molecule has 4 aromatic heterocycles. The van der Waals surface area contributed by atoms with Gasteiger partial charge < -0.3 is 23.2 Å². The Kier molecular flexibility index (Phi) is 10.6. The van der Waals surface area contributed by atoms with Crippen LogP contribution < -0.4 is 26.2 Å². The molecule has 0 fully saturated rings. The summed E-state index contributed by atoms with van der Waals surface area (Å²) in [4.78, 5) is 4.97. The predicted molar refractivity (Wildman–Crippen MR) is 429 cm³/mol. The molecule has 0 aliphatic carbocycles. The molecule has 0 radical (unpaired) electrons. The minimum atomic E-state index is -0.521. The van der Waals surface area contributed by atoms with Crippen molar-refractivity contribution >= 4 is 139 Å². The molecule has 102 heavy (non-hydrogen) atoms. The summed E-state index contributed by atoms with van der Waals surface area (Å²) in [6.45, 7) is -0.521. The molecule has 0 unspecified atom stereocenters. The molecule has 5 nitrogen and oxygen atoms in total. The van der Waals surface area contributed by atoms with Crippen LogP contribution in [0, 0.1) is 0 Å². The Hall–Kier alpha value is -13.4. The molecule has 0 saturated carbocycles. The largest absolute Gasteiger partial charge is 0.456 e. The van der Waals surface area contributed by atoms with Crippen LogP contribution in [0.25, 0.3) is 154 Å². The number of hydrogen-bond donors (Lipinski definition) is 0. The summed E-state index contributed by atoms with van der Waals surface area (Å²) in [5, 5.41) is 6.75. The maximum Gasteiger partial charge on any atom is 0.252 e. The van der Waals surface area contributed by atoms with Gasteiger partial charge >= 0.3 is 0 Å². The Morgan fingerprint density at radius 1 is 0.275 bits per heavy atom. The smallest absolute Gasteiger partial charge is 0.252 e. The van der Waals surface area contributed by atoms with Crippen LogP contribution in [0.15, 0.2) is 362 Å². The van der Waals surface area contributed by atoms with Crippen LogP contribution in [0.4, 0.5) is 34.1 Å². The summed E-state index contributed by atoms with van der Waals surface area (Å²) in [5.74, 6) is 0. The highest BCUT2D eigenvalue weighted by atomic mass is 16.3. The highest BCUT2D eigenvalue weighted by molar-refractivity contribution is 7.00. The SMILES string of the molecule is [2H]c1c([2H])c([2H])c2c(c1[2H])c1c([2H])c([2H])c([2H])c([2H])c1n2-c1ccc2c(c1)N(c1c(-c3ccccc3)cccc1-c1ccccc1)c1cc(-c3ccc4oc5ccccc5c4c3)cc3c1B2c1ccc(-c2ccc4c(c2)c2cccc5c6ccccc6n4c52)cc1N3c1c(-c2ccccc2)cccc1-c1ccccc1. The molecule has 0 saturated heterocycles. The third kappa shape index (κ3) is 8.29. The first-order valence-corrected chi connectivity index (χ1v) is 34.6. The van der Waals surface area contributed by atoms with Gasteiger partial charge in [-0.3, -0.25) is 0 Å². The van der Waals surface area contributed by atoms with Crippen molar-refractivity contribution < 1.29 is 15.4 Å². The number of benzene rings is 16. The minimum Gasteiger partial charge on any atom is -0.456 e. The highest BCUT2D eigenvalue weighted by Crippen LogP contribution is 2.55. The molecular weight excluding hydrogens is 1240 g/mol. The lowest BCUT2D eigenvalue weighted by Gasteiger charge is -2.46. The highest BCUT2D eigenvalue weighted by Gasteiger charge is 2.46. The average Bonchev–Trinajstić information content (AvgIpc) is 1.58. The number of rotatable bonds is 9. The van der Waals surface area contributed by atoms with E-state index in [2.05, 4.69) is 293 Å². The number of anilines is 6. The maximum atomic E-state index is 9.84. The lowest BCUT2D eigenvalue weighted by atomic mass is 9.33. The summed E-state index contributed by atoms with van der Waals surface area (Å²) in [6.07, 6.45) is 0. The fraction of sp³-hybridized carbons (Fsp3) is 0. The zero-order valence-corrected chi connectivity index (χ0v) is 54.7. The fourth-order valence-electron chi connectivity index (χ4n) is 17.1. The topological polar surface area (TPSA) is 29.0 Å². The maximum absolute atomic E-state index is 9.84. The number of para-hydroxylation sites is 7. The van der Waals surface area contributed by atoms with Crippen LogP contribution in [0.5, 0.6) is 0 Å². The quantitative estimate of drug-likeness (QED) is 0.135. The lowest BCUT2D eigenvalue weighted by molar-refractivity contribution is 0.669. The Labute approximate surface area is 600 Å². The first kappa shape index (κ1) is 49.1. The molecule has 0 spiro atoms. The van der Waals surface area contributed by atoms with Crippen LogP contribution in [0.2, 0.25) is 0 Å². The summed E-state index contributed by atoms with van der Waals surface area (Å²) in [5.41, 5.74) is 25.6. The van der Waals surface area contributed by atoms with Crippen molar-refractivity contribution in [3.05, 3.63) is 358 Å². The first-order valence-electron chi connectivity index (χ1n) is 38.6. The van der Waals surface area contributed by atoms with Crippen LogP contribution in [0.1, 0.15) is 11.0 Å². The Balaban J connectivity index is 0.912. The molecule has 16 aromatic carbocycles. The van der Waals surface area contributed by atoms with Gasteiger partial charge in [0, 0.05) is 93.8 Å². The summed E-state index contributed by atoms with van der Waals surface area (Å²) in [7, 11) is 0. The van der Waals surface area contributed by atoms with Crippen LogP contribution >= 0.6 is 0 Å². The van der Waals surface area contributed by atoms with E-state index in [0.717, 1.165) is 150 Å². The average molecular weight is 1300 g/mol. The Morgan fingerprint density at radius 3 is 1.31 bits per heavy atom. The van der Waals surface area contributed by atoms with E-state index in [-0.39, 0.29) is 33.9 Å². The van der Waals surface area contributed by atoms with Gasteiger partial charge in [0.1, 0.15) is 11.2 Å². The van der Waals surface area contributed by atoms with Gasteiger partial charge in [-0.2, -0.15) is 0 Å². The summed E-state index contributed by atoms with van der Waals surface area (Å²) >= 11 is 0. The monoisotopic (exact) mass is 1300 g/mol. The van der Waals surface area contributed by atoms with Gasteiger partial charge in [0.25, 0.3) is 6.71 Å². The van der Waals surface area contributed by atoms with E-state index < -0.39 is 43.0 Å². The number of hydrogen-bond acceptors (Lipinski definition) is 3. The van der Waals surface area contributed by atoms with E-state index in [4.69, 9.17) is 7.16 Å². The van der Waals surface area contributed by atoms with Crippen molar-refractivity contribution in [1.29, 1.82) is 0 Å². The Bertz CT molecular complexity index is 7150. The lowest BCUT2D eigenvalue weighted by Crippen LogP contribution is -2.61. The zero-order valence-electron chi connectivity index (χ0n) is 62.7. The normalized spacial score (nSPS) is 13.7. The summed E-state index contributed by atoms with van der Waals surface area (Å²) in [6, 6.07) is 107. The van der Waals surface area contributed by atoms with Crippen molar-refractivity contribution in [2.45, 2.75) is 0 Å². The molecule has 2 aliphatic heterocycles. The van der Waals surface area contributed by atoms with Gasteiger partial charge in [0.05, 0.1) is 49.9 Å². The van der Waals surface area contributed by atoms with Gasteiger partial charge in [-0.05, 0) is 140 Å². The third-order valence-corrected chi connectivity index (χ3v) is 21.5. The van der Waals surface area contributed by atoms with Gasteiger partial charge in [0.2, 0.25) is 0 Å². The van der Waals surface area contributed by atoms with E-state index in [1.165, 1.54) is 27.2 Å². The molecule has 22 rings (SSSR count). The zero-order chi connectivity index (χ0) is 73.6. The van der Waals surface area contributed by atoms with Crippen molar-refractivity contribution in [3.8, 4) is 72.4 Å². The van der Waals surface area contributed by atoms with E-state index >= 15 is 0 Å². The Morgan fingerprint density at radius 2 is 0.706 bits per heavy atom. The number of furan rings is 1. The number of fused-ring (bicyclic) bond motifs is 16. The second-order valence-electron chi connectivity index (χ2n) is 26.8. The van der Waals surface area contributed by atoms with Gasteiger partial charge in [-0.15, -0.1) is 0 Å². The molecular formula is C96H59BN4O. The van der Waals surface area contributed by atoms with Crippen molar-refractivity contribution in [2.24, 2.45) is 0 Å². The van der Waals surface area contributed by atoms with Crippen molar-refractivity contribution in [1.82, 2.24) is 8.97 Å². The molecule has 472 valence electrons. The van der Waals surface area contributed by atoms with Crippen molar-refractivity contribution in [3.63, 3.8) is 0 Å². The fourth-order valence-corrected chi connectivity index (χ4v) is 17.1. The van der Waals surface area contributed by atoms with Crippen LogP contribution in [-0.2, 0) is 0 Å². The second-order valence-corrected chi connectivity index (χ2v) is 26.8. The molecule has 2 aliphatic rings. The number of aromatic nitrogens is 2. The molecule has 6 heteroatoms. The molecule has 20 aromatic rings. The second kappa shape index (κ2) is 22.0. The van der Waals surface area contributed by atoms with E-state index in [9.17, 15) is 8.22 Å². The van der Waals surface area contributed by atoms with Gasteiger partial charge in [0.15, 0.2) is 0 Å². The minimum absolute atomic E-state index is 0.00123. The molecule has 6 heterocycles. The summed E-state index contributed by atoms with van der Waals surface area (Å²) < 4.78 is 86.2. The van der Waals surface area contributed by atoms with E-state index in [1.807, 2.05) is 30.3 Å². The third-order valence-electron chi connectivity index (χ3n) is 21.5. The van der Waals surface area contributed by atoms with Gasteiger partial charge in [-0.25, -0.2) is 0 Å². The predicted octanol–water partition coefficient (Wildman–Crippen LogP) is 23.9. The van der Waals surface area contributed by atoms with E-state index in [1.54, 1.807) is 4.57 Å². The first-order chi connectivity index (χ1) is 53.9. The molecule has 0 N–H and O–H groups in total. The van der Waals surface area contributed by atoms with E-state index in [0.29, 0.717) is 5.69 Å². The molecule has 0 bridgehead atoms. The number of nitrogens with zero attached hydrogens (tertiary/aromatic N) is 4. The van der Waals surface area contributed by atoms with Crippen LogP contribution in [0.3, 0.4) is 0 Å². The molecule has 0 amide bonds. The van der Waals surface area contributed by atoms with Gasteiger partial charge in [-0.1, -0.05) is 279 Å².